The van der Waals surface area contributed by atoms with Crippen LogP contribution in [0.25, 0.3) is 0 Å². The average Bonchev–Trinajstić information content (AvgIpc) is 2.35. The van der Waals surface area contributed by atoms with E-state index in [0.717, 1.165) is 0 Å². The molecule has 0 aromatic heterocycles. The molecule has 0 heterocycles. The number of ether oxygens (including phenoxy) is 1. The lowest BCUT2D eigenvalue weighted by Crippen LogP contribution is -2.21. The van der Waals surface area contributed by atoms with E-state index in [9.17, 15) is 9.59 Å². The molecule has 0 atom stereocenters. The normalized spacial score (nSPS) is 10.3. The Balaban J connectivity index is 2.85. The molecule has 2 N–H and O–H groups in total. The van der Waals surface area contributed by atoms with E-state index < -0.39 is 5.97 Å². The van der Waals surface area contributed by atoms with E-state index in [2.05, 4.69) is 5.32 Å². The van der Waals surface area contributed by atoms with E-state index in [1.807, 2.05) is 19.0 Å². The van der Waals surface area contributed by atoms with E-state index in [1.165, 1.54) is 19.2 Å². The highest BCUT2D eigenvalue weighted by atomic mass is 16.5. The van der Waals surface area contributed by atoms with Crippen LogP contribution in [0, 0.1) is 0 Å². The Morgan fingerprint density at radius 2 is 2.05 bits per heavy atom. The molecule has 19 heavy (non-hydrogen) atoms. The second-order valence-corrected chi connectivity index (χ2v) is 4.32. The highest BCUT2D eigenvalue weighted by Gasteiger charge is 2.13. The number of anilines is 1. The third-order valence-electron chi connectivity index (χ3n) is 2.52. The number of rotatable bonds is 6. The number of hydrogen-bond acceptors (Lipinski definition) is 4. The number of aromatic carboxylic acids is 1. The molecule has 0 saturated heterocycles. The van der Waals surface area contributed by atoms with Crippen LogP contribution in [0.2, 0.25) is 0 Å². The van der Waals surface area contributed by atoms with Crippen LogP contribution in [-0.2, 0) is 4.79 Å². The Kier molecular flexibility index (Phi) is 5.32. The van der Waals surface area contributed by atoms with Crippen molar-refractivity contribution in [1.82, 2.24) is 4.90 Å². The molecule has 0 saturated carbocycles. The van der Waals surface area contributed by atoms with Crippen LogP contribution in [0.3, 0.4) is 0 Å². The molecule has 1 rings (SSSR count). The maximum Gasteiger partial charge on any atom is 0.337 e. The van der Waals surface area contributed by atoms with Gasteiger partial charge in [0.25, 0.3) is 0 Å². The second kappa shape index (κ2) is 6.75. The lowest BCUT2D eigenvalue weighted by molar-refractivity contribution is -0.116. The van der Waals surface area contributed by atoms with Crippen LogP contribution in [0.5, 0.6) is 5.75 Å². The van der Waals surface area contributed by atoms with E-state index in [1.54, 1.807) is 6.07 Å². The molecule has 0 aliphatic heterocycles. The summed E-state index contributed by atoms with van der Waals surface area (Å²) < 4.78 is 5.02. The van der Waals surface area contributed by atoms with Crippen LogP contribution in [0.1, 0.15) is 16.8 Å². The van der Waals surface area contributed by atoms with Gasteiger partial charge in [-0.05, 0) is 26.2 Å². The molecule has 0 bridgehead atoms. The molecule has 0 aliphatic rings. The monoisotopic (exact) mass is 266 g/mol. The van der Waals surface area contributed by atoms with Crippen LogP contribution in [0.15, 0.2) is 18.2 Å². The summed E-state index contributed by atoms with van der Waals surface area (Å²) in [5.41, 5.74) is 0.287. The zero-order valence-corrected chi connectivity index (χ0v) is 11.3. The summed E-state index contributed by atoms with van der Waals surface area (Å²) in [5, 5.41) is 11.7. The number of carbonyl (C=O) groups is 2. The number of carboxylic acids is 1. The predicted molar refractivity (Wildman–Crippen MR) is 71.8 cm³/mol. The summed E-state index contributed by atoms with van der Waals surface area (Å²) in [6.45, 7) is 0.595. The number of nitrogens with one attached hydrogen (secondary N) is 1. The lowest BCUT2D eigenvalue weighted by atomic mass is 10.1. The van der Waals surface area contributed by atoms with Crippen molar-refractivity contribution >= 4 is 17.6 Å². The standard InChI is InChI=1S/C13H18N2O4/c1-15(2)7-6-12(16)14-11-8-9(19-3)4-5-10(11)13(17)18/h4-5,8H,6-7H2,1-3H3,(H,14,16)(H,17,18). The van der Waals surface area contributed by atoms with E-state index >= 15 is 0 Å². The number of carboxylic acid groups (broad SMARTS) is 1. The van der Waals surface area contributed by atoms with Gasteiger partial charge in [0, 0.05) is 19.0 Å². The Morgan fingerprint density at radius 1 is 1.37 bits per heavy atom. The molecule has 1 amide bonds. The summed E-state index contributed by atoms with van der Waals surface area (Å²) in [7, 11) is 5.20. The van der Waals surface area contributed by atoms with Gasteiger partial charge < -0.3 is 20.1 Å². The van der Waals surface area contributed by atoms with Gasteiger partial charge in [0.15, 0.2) is 0 Å². The van der Waals surface area contributed by atoms with Crippen molar-refractivity contribution in [1.29, 1.82) is 0 Å². The van der Waals surface area contributed by atoms with E-state index in [0.29, 0.717) is 18.7 Å². The largest absolute Gasteiger partial charge is 0.497 e. The second-order valence-electron chi connectivity index (χ2n) is 4.32. The Morgan fingerprint density at radius 3 is 2.58 bits per heavy atom. The zero-order chi connectivity index (χ0) is 14.4. The maximum absolute atomic E-state index is 11.7. The van der Waals surface area contributed by atoms with Crippen molar-refractivity contribution in [2.75, 3.05) is 33.1 Å². The fraction of sp³-hybridized carbons (Fsp3) is 0.385. The first-order valence-corrected chi connectivity index (χ1v) is 5.80. The molecule has 0 aliphatic carbocycles. The van der Waals surface area contributed by atoms with E-state index in [-0.39, 0.29) is 17.2 Å². The maximum atomic E-state index is 11.7. The molecule has 1 aromatic rings. The van der Waals surface area contributed by atoms with Gasteiger partial charge in [-0.15, -0.1) is 0 Å². The minimum absolute atomic E-state index is 0.0407. The number of hydrogen-bond donors (Lipinski definition) is 2. The van der Waals surface area contributed by atoms with E-state index in [4.69, 9.17) is 9.84 Å². The van der Waals surface area contributed by atoms with Crippen LogP contribution in [-0.4, -0.2) is 49.6 Å². The van der Waals surface area contributed by atoms with Gasteiger partial charge in [-0.1, -0.05) is 0 Å². The molecular formula is C13H18N2O4. The van der Waals surface area contributed by atoms with Crippen molar-refractivity contribution in [3.8, 4) is 5.75 Å². The molecule has 6 nitrogen and oxygen atoms in total. The molecule has 0 unspecified atom stereocenters. The fourth-order valence-corrected chi connectivity index (χ4v) is 1.48. The lowest BCUT2D eigenvalue weighted by Gasteiger charge is -2.12. The molecule has 104 valence electrons. The Bertz CT molecular complexity index is 472. The molecular weight excluding hydrogens is 248 g/mol. The van der Waals surface area contributed by atoms with Crippen molar-refractivity contribution in [2.24, 2.45) is 0 Å². The first-order chi connectivity index (χ1) is 8.93. The molecule has 0 spiro atoms. The van der Waals surface area contributed by atoms with Crippen molar-refractivity contribution in [3.63, 3.8) is 0 Å². The highest BCUT2D eigenvalue weighted by molar-refractivity contribution is 6.00. The first-order valence-electron chi connectivity index (χ1n) is 5.80. The number of methoxy groups -OCH3 is 1. The summed E-state index contributed by atoms with van der Waals surface area (Å²) >= 11 is 0. The fourth-order valence-electron chi connectivity index (χ4n) is 1.48. The van der Waals surface area contributed by atoms with Crippen molar-refractivity contribution < 1.29 is 19.4 Å². The third-order valence-corrected chi connectivity index (χ3v) is 2.52. The van der Waals surface area contributed by atoms with Crippen molar-refractivity contribution in [2.45, 2.75) is 6.42 Å². The summed E-state index contributed by atoms with van der Waals surface area (Å²) in [6, 6.07) is 4.44. The van der Waals surface area contributed by atoms with Crippen LogP contribution in [0.4, 0.5) is 5.69 Å². The van der Waals surface area contributed by atoms with Gasteiger partial charge in [0.1, 0.15) is 5.75 Å². The van der Waals surface area contributed by atoms with Gasteiger partial charge in [-0.3, -0.25) is 4.79 Å². The first kappa shape index (κ1) is 15.0. The van der Waals surface area contributed by atoms with Crippen molar-refractivity contribution in [3.05, 3.63) is 23.8 Å². The van der Waals surface area contributed by atoms with Gasteiger partial charge in [-0.25, -0.2) is 4.79 Å². The average molecular weight is 266 g/mol. The zero-order valence-electron chi connectivity index (χ0n) is 11.3. The number of nitrogens with zero attached hydrogens (tertiary/aromatic N) is 1. The summed E-state index contributed by atoms with van der Waals surface area (Å²) in [4.78, 5) is 24.7. The minimum Gasteiger partial charge on any atom is -0.497 e. The van der Waals surface area contributed by atoms with Gasteiger partial charge in [-0.2, -0.15) is 0 Å². The summed E-state index contributed by atoms with van der Waals surface area (Å²) in [6.07, 6.45) is 0.295. The molecule has 6 heteroatoms. The summed E-state index contributed by atoms with van der Waals surface area (Å²) in [5.74, 6) is -0.831. The van der Waals surface area contributed by atoms with Crippen LogP contribution < -0.4 is 10.1 Å². The molecule has 1 aromatic carbocycles. The SMILES string of the molecule is COc1ccc(C(=O)O)c(NC(=O)CCN(C)C)c1. The molecule has 0 fully saturated rings. The number of benzene rings is 1. The van der Waals surface area contributed by atoms with Gasteiger partial charge >= 0.3 is 5.97 Å². The minimum atomic E-state index is -1.09. The van der Waals surface area contributed by atoms with Gasteiger partial charge in [0.2, 0.25) is 5.91 Å². The smallest absolute Gasteiger partial charge is 0.337 e. The number of amides is 1. The highest BCUT2D eigenvalue weighted by Crippen LogP contribution is 2.22. The predicted octanol–water partition coefficient (Wildman–Crippen LogP) is 1.28. The topological polar surface area (TPSA) is 78.9 Å². The van der Waals surface area contributed by atoms with Crippen LogP contribution >= 0.6 is 0 Å². The number of carbonyl (C=O) groups excluding carboxylic acids is 1. The third kappa shape index (κ3) is 4.59. The van der Waals surface area contributed by atoms with Gasteiger partial charge in [0.05, 0.1) is 18.4 Å². The Hall–Kier alpha value is -2.08. The molecule has 0 radical (unpaired) electrons. The quantitative estimate of drug-likeness (QED) is 0.811. The Labute approximate surface area is 112 Å².